The summed E-state index contributed by atoms with van der Waals surface area (Å²) in [5.41, 5.74) is 0. The number of hydrogen-bond donors (Lipinski definition) is 1. The van der Waals surface area contributed by atoms with Gasteiger partial charge in [-0.05, 0) is 31.8 Å². The van der Waals surface area contributed by atoms with E-state index in [-0.39, 0.29) is 0 Å². The van der Waals surface area contributed by atoms with Crippen molar-refractivity contribution < 1.29 is 4.74 Å². The van der Waals surface area contributed by atoms with E-state index in [2.05, 4.69) is 31.0 Å². The molecule has 1 fully saturated rings. The fourth-order valence-corrected chi connectivity index (χ4v) is 2.29. The van der Waals surface area contributed by atoms with Crippen molar-refractivity contribution in [2.45, 2.75) is 26.8 Å². The SMILES string of the molecule is COCC(C)N1CC(C)CNCC(C)C1. The Balaban J connectivity index is 2.49. The van der Waals surface area contributed by atoms with Crippen LogP contribution in [-0.2, 0) is 4.74 Å². The zero-order valence-electron chi connectivity index (χ0n) is 10.6. The third-order valence-corrected chi connectivity index (χ3v) is 3.11. The van der Waals surface area contributed by atoms with E-state index < -0.39 is 0 Å². The molecule has 3 nitrogen and oxygen atoms in total. The predicted octanol–water partition coefficient (Wildman–Crippen LogP) is 1.20. The molecule has 1 aliphatic rings. The number of methoxy groups -OCH3 is 1. The minimum atomic E-state index is 0.540. The second-order valence-electron chi connectivity index (χ2n) is 5.13. The van der Waals surface area contributed by atoms with E-state index in [0.29, 0.717) is 6.04 Å². The molecule has 3 unspecified atom stereocenters. The smallest absolute Gasteiger partial charge is 0.0615 e. The maximum Gasteiger partial charge on any atom is 0.0615 e. The lowest BCUT2D eigenvalue weighted by Crippen LogP contribution is -2.47. The Morgan fingerprint density at radius 3 is 2.27 bits per heavy atom. The molecule has 1 heterocycles. The molecule has 3 atom stereocenters. The zero-order valence-corrected chi connectivity index (χ0v) is 10.6. The van der Waals surface area contributed by atoms with Gasteiger partial charge in [0.15, 0.2) is 0 Å². The van der Waals surface area contributed by atoms with Crippen LogP contribution in [0.3, 0.4) is 0 Å². The molecule has 0 aromatic heterocycles. The van der Waals surface area contributed by atoms with Crippen molar-refractivity contribution in [3.05, 3.63) is 0 Å². The largest absolute Gasteiger partial charge is 0.383 e. The summed E-state index contributed by atoms with van der Waals surface area (Å²) in [5, 5.41) is 3.52. The molecule has 0 radical (unpaired) electrons. The highest BCUT2D eigenvalue weighted by Gasteiger charge is 2.21. The Kier molecular flexibility index (Phi) is 5.58. The van der Waals surface area contributed by atoms with Gasteiger partial charge in [-0.25, -0.2) is 0 Å². The van der Waals surface area contributed by atoms with Crippen molar-refractivity contribution in [2.75, 3.05) is 39.9 Å². The average Bonchev–Trinajstić information content (AvgIpc) is 2.14. The third kappa shape index (κ3) is 4.49. The summed E-state index contributed by atoms with van der Waals surface area (Å²) < 4.78 is 5.24. The average molecular weight is 214 g/mol. The second-order valence-corrected chi connectivity index (χ2v) is 5.13. The molecule has 15 heavy (non-hydrogen) atoms. The summed E-state index contributed by atoms with van der Waals surface area (Å²) in [7, 11) is 1.79. The van der Waals surface area contributed by atoms with Gasteiger partial charge >= 0.3 is 0 Å². The summed E-state index contributed by atoms with van der Waals surface area (Å²) in [6.45, 7) is 12.4. The van der Waals surface area contributed by atoms with Crippen molar-refractivity contribution in [2.24, 2.45) is 11.8 Å². The van der Waals surface area contributed by atoms with Crippen molar-refractivity contribution in [1.82, 2.24) is 10.2 Å². The van der Waals surface area contributed by atoms with Crippen LogP contribution in [-0.4, -0.2) is 50.8 Å². The molecule has 90 valence electrons. The van der Waals surface area contributed by atoms with Crippen LogP contribution < -0.4 is 5.32 Å². The van der Waals surface area contributed by atoms with Crippen molar-refractivity contribution >= 4 is 0 Å². The van der Waals surface area contributed by atoms with Crippen LogP contribution in [0.2, 0.25) is 0 Å². The lowest BCUT2D eigenvalue weighted by molar-refractivity contribution is 0.0738. The van der Waals surface area contributed by atoms with Gasteiger partial charge in [-0.1, -0.05) is 13.8 Å². The Hall–Kier alpha value is -0.120. The first-order chi connectivity index (χ1) is 7.13. The number of hydrogen-bond acceptors (Lipinski definition) is 3. The van der Waals surface area contributed by atoms with Gasteiger partial charge in [-0.15, -0.1) is 0 Å². The minimum Gasteiger partial charge on any atom is -0.383 e. The summed E-state index contributed by atoms with van der Waals surface area (Å²) in [6.07, 6.45) is 0. The normalized spacial score (nSPS) is 32.0. The first-order valence-corrected chi connectivity index (χ1v) is 6.07. The van der Waals surface area contributed by atoms with Gasteiger partial charge < -0.3 is 10.1 Å². The quantitative estimate of drug-likeness (QED) is 0.764. The van der Waals surface area contributed by atoms with Gasteiger partial charge in [-0.2, -0.15) is 0 Å². The highest BCUT2D eigenvalue weighted by molar-refractivity contribution is 4.76. The summed E-state index contributed by atoms with van der Waals surface area (Å²) in [6, 6.07) is 0.540. The zero-order chi connectivity index (χ0) is 11.3. The van der Waals surface area contributed by atoms with Crippen molar-refractivity contribution in [1.29, 1.82) is 0 Å². The first-order valence-electron chi connectivity index (χ1n) is 6.07. The van der Waals surface area contributed by atoms with Crippen LogP contribution in [0.1, 0.15) is 20.8 Å². The standard InChI is InChI=1S/C12H26N2O/c1-10-5-13-6-11(2)8-14(7-10)12(3)9-15-4/h10-13H,5-9H2,1-4H3. The van der Waals surface area contributed by atoms with E-state index in [1.165, 1.54) is 13.1 Å². The van der Waals surface area contributed by atoms with Gasteiger partial charge in [-0.3, -0.25) is 4.90 Å². The molecule has 0 spiro atoms. The maximum atomic E-state index is 5.24. The van der Waals surface area contributed by atoms with E-state index >= 15 is 0 Å². The van der Waals surface area contributed by atoms with Crippen molar-refractivity contribution in [3.63, 3.8) is 0 Å². The predicted molar refractivity (Wildman–Crippen MR) is 64.1 cm³/mol. The van der Waals surface area contributed by atoms with Gasteiger partial charge in [0.25, 0.3) is 0 Å². The molecular weight excluding hydrogens is 188 g/mol. The molecule has 0 aromatic rings. The molecule has 1 N–H and O–H groups in total. The summed E-state index contributed by atoms with van der Waals surface area (Å²) in [4.78, 5) is 2.57. The third-order valence-electron chi connectivity index (χ3n) is 3.11. The Morgan fingerprint density at radius 1 is 1.27 bits per heavy atom. The lowest BCUT2D eigenvalue weighted by Gasteiger charge is -2.35. The Bertz CT molecular complexity index is 163. The van der Waals surface area contributed by atoms with Crippen LogP contribution in [0.15, 0.2) is 0 Å². The summed E-state index contributed by atoms with van der Waals surface area (Å²) >= 11 is 0. The number of rotatable bonds is 3. The van der Waals surface area contributed by atoms with E-state index in [9.17, 15) is 0 Å². The number of ether oxygens (including phenoxy) is 1. The highest BCUT2D eigenvalue weighted by atomic mass is 16.5. The van der Waals surface area contributed by atoms with E-state index in [4.69, 9.17) is 4.74 Å². The molecule has 1 rings (SSSR count). The van der Waals surface area contributed by atoms with Gasteiger partial charge in [0, 0.05) is 26.2 Å². The van der Waals surface area contributed by atoms with E-state index in [1.54, 1.807) is 7.11 Å². The monoisotopic (exact) mass is 214 g/mol. The van der Waals surface area contributed by atoms with Crippen LogP contribution in [0.4, 0.5) is 0 Å². The van der Waals surface area contributed by atoms with Crippen LogP contribution in [0, 0.1) is 11.8 Å². The Morgan fingerprint density at radius 2 is 1.80 bits per heavy atom. The minimum absolute atomic E-state index is 0.540. The molecule has 3 heteroatoms. The molecule has 1 saturated heterocycles. The topological polar surface area (TPSA) is 24.5 Å². The van der Waals surface area contributed by atoms with Gasteiger partial charge in [0.05, 0.1) is 6.61 Å². The Labute approximate surface area is 94.2 Å². The van der Waals surface area contributed by atoms with Crippen LogP contribution in [0.25, 0.3) is 0 Å². The number of nitrogens with one attached hydrogen (secondary N) is 1. The molecule has 0 saturated carbocycles. The van der Waals surface area contributed by atoms with E-state index in [1.807, 2.05) is 0 Å². The molecule has 0 bridgehead atoms. The second kappa shape index (κ2) is 6.46. The van der Waals surface area contributed by atoms with Crippen molar-refractivity contribution in [3.8, 4) is 0 Å². The maximum absolute atomic E-state index is 5.24. The molecule has 0 aliphatic carbocycles. The number of nitrogens with zero attached hydrogens (tertiary/aromatic N) is 1. The lowest BCUT2D eigenvalue weighted by atomic mass is 10.0. The van der Waals surface area contributed by atoms with Crippen LogP contribution >= 0.6 is 0 Å². The summed E-state index contributed by atoms with van der Waals surface area (Å²) in [5.74, 6) is 1.47. The molecular formula is C12H26N2O. The molecule has 1 aliphatic heterocycles. The van der Waals surface area contributed by atoms with Crippen LogP contribution in [0.5, 0.6) is 0 Å². The van der Waals surface area contributed by atoms with Gasteiger partial charge in [0.1, 0.15) is 0 Å². The molecule has 0 aromatic carbocycles. The fourth-order valence-electron chi connectivity index (χ4n) is 2.29. The van der Waals surface area contributed by atoms with Gasteiger partial charge in [0.2, 0.25) is 0 Å². The van der Waals surface area contributed by atoms with E-state index in [0.717, 1.165) is 31.5 Å². The highest BCUT2D eigenvalue weighted by Crippen LogP contribution is 2.11. The fraction of sp³-hybridized carbons (Fsp3) is 1.00. The first kappa shape index (κ1) is 12.9. The molecule has 0 amide bonds.